The standard InChI is InChI=1S/C23H28BrN3O3/c1-4-5-13-30-20-12-11-17(14-19(20)24)15-25-27-23(29)21(16(2)3)26-22(28)18-9-7-6-8-10-18/h6-12,14-16,21H,4-5,13H2,1-3H3,(H,26,28)(H,27,29). The van der Waals surface area contributed by atoms with Crippen molar-refractivity contribution in [2.75, 3.05) is 6.61 Å². The van der Waals surface area contributed by atoms with Crippen LogP contribution in [0.5, 0.6) is 5.75 Å². The summed E-state index contributed by atoms with van der Waals surface area (Å²) in [6, 6.07) is 13.7. The van der Waals surface area contributed by atoms with E-state index in [0.29, 0.717) is 12.2 Å². The van der Waals surface area contributed by atoms with E-state index in [0.717, 1.165) is 28.6 Å². The molecule has 1 unspecified atom stereocenters. The van der Waals surface area contributed by atoms with Gasteiger partial charge in [0.05, 0.1) is 17.3 Å². The summed E-state index contributed by atoms with van der Waals surface area (Å²) in [6.45, 7) is 6.52. The predicted molar refractivity (Wildman–Crippen MR) is 123 cm³/mol. The third-order valence-electron chi connectivity index (χ3n) is 4.37. The monoisotopic (exact) mass is 473 g/mol. The van der Waals surface area contributed by atoms with Gasteiger partial charge in [-0.15, -0.1) is 0 Å². The molecule has 0 aliphatic carbocycles. The molecule has 2 aromatic rings. The first-order valence-corrected chi connectivity index (χ1v) is 10.8. The fourth-order valence-corrected chi connectivity index (χ4v) is 3.14. The number of carbonyl (C=O) groups excluding carboxylic acids is 2. The van der Waals surface area contributed by atoms with Crippen molar-refractivity contribution in [2.24, 2.45) is 11.0 Å². The Morgan fingerprint density at radius 1 is 1.17 bits per heavy atom. The van der Waals surface area contributed by atoms with E-state index < -0.39 is 6.04 Å². The Labute approximate surface area is 186 Å². The highest BCUT2D eigenvalue weighted by Crippen LogP contribution is 2.25. The topological polar surface area (TPSA) is 79.8 Å². The van der Waals surface area contributed by atoms with E-state index in [9.17, 15) is 9.59 Å². The van der Waals surface area contributed by atoms with E-state index in [1.807, 2.05) is 38.1 Å². The molecule has 0 spiro atoms. The highest BCUT2D eigenvalue weighted by atomic mass is 79.9. The lowest BCUT2D eigenvalue weighted by molar-refractivity contribution is -0.123. The molecule has 0 saturated heterocycles. The van der Waals surface area contributed by atoms with Gasteiger partial charge in [0.25, 0.3) is 11.8 Å². The Morgan fingerprint density at radius 3 is 2.53 bits per heavy atom. The Morgan fingerprint density at radius 2 is 1.90 bits per heavy atom. The van der Waals surface area contributed by atoms with Crippen molar-refractivity contribution in [3.05, 3.63) is 64.1 Å². The average molecular weight is 474 g/mol. The zero-order valence-corrected chi connectivity index (χ0v) is 19.1. The summed E-state index contributed by atoms with van der Waals surface area (Å²) < 4.78 is 6.53. The Bertz CT molecular complexity index is 869. The van der Waals surface area contributed by atoms with Gasteiger partial charge >= 0.3 is 0 Å². The van der Waals surface area contributed by atoms with Gasteiger partial charge in [-0.1, -0.05) is 45.4 Å². The maximum atomic E-state index is 12.5. The van der Waals surface area contributed by atoms with Crippen LogP contribution in [0.1, 0.15) is 49.5 Å². The van der Waals surface area contributed by atoms with Crippen molar-refractivity contribution in [1.82, 2.24) is 10.7 Å². The van der Waals surface area contributed by atoms with Crippen molar-refractivity contribution >= 4 is 34.0 Å². The van der Waals surface area contributed by atoms with Crippen molar-refractivity contribution in [3.63, 3.8) is 0 Å². The molecule has 0 aliphatic rings. The molecule has 160 valence electrons. The van der Waals surface area contributed by atoms with Crippen LogP contribution in [-0.4, -0.2) is 30.7 Å². The lowest BCUT2D eigenvalue weighted by Crippen LogP contribution is -2.48. The number of carbonyl (C=O) groups is 2. The zero-order chi connectivity index (χ0) is 21.9. The fourth-order valence-electron chi connectivity index (χ4n) is 2.63. The third-order valence-corrected chi connectivity index (χ3v) is 4.99. The van der Waals surface area contributed by atoms with Crippen LogP contribution in [0.4, 0.5) is 0 Å². The first kappa shape index (κ1) is 23.6. The molecule has 0 heterocycles. The number of rotatable bonds is 10. The van der Waals surface area contributed by atoms with Gasteiger partial charge in [0.2, 0.25) is 0 Å². The molecule has 6 nitrogen and oxygen atoms in total. The molecule has 0 aliphatic heterocycles. The second kappa shape index (κ2) is 12.1. The SMILES string of the molecule is CCCCOc1ccc(C=NNC(=O)C(NC(=O)c2ccccc2)C(C)C)cc1Br. The van der Waals surface area contributed by atoms with Gasteiger partial charge in [0.1, 0.15) is 11.8 Å². The molecule has 0 bridgehead atoms. The second-order valence-corrected chi connectivity index (χ2v) is 8.04. The Balaban J connectivity index is 1.95. The van der Waals surface area contributed by atoms with Crippen LogP contribution in [0.15, 0.2) is 58.1 Å². The molecule has 2 rings (SSSR count). The van der Waals surface area contributed by atoms with Crippen LogP contribution >= 0.6 is 15.9 Å². The first-order valence-electron chi connectivity index (χ1n) is 10.0. The molecule has 0 radical (unpaired) electrons. The molecular formula is C23H28BrN3O3. The van der Waals surface area contributed by atoms with E-state index in [-0.39, 0.29) is 17.7 Å². The quantitative estimate of drug-likeness (QED) is 0.302. The van der Waals surface area contributed by atoms with Crippen LogP contribution in [0.2, 0.25) is 0 Å². The zero-order valence-electron chi connectivity index (χ0n) is 17.5. The van der Waals surface area contributed by atoms with Crippen LogP contribution in [-0.2, 0) is 4.79 Å². The first-order chi connectivity index (χ1) is 14.4. The number of hydrogen-bond acceptors (Lipinski definition) is 4. The minimum atomic E-state index is -0.698. The summed E-state index contributed by atoms with van der Waals surface area (Å²) in [4.78, 5) is 24.9. The third kappa shape index (κ3) is 7.30. The van der Waals surface area contributed by atoms with Crippen LogP contribution in [0.3, 0.4) is 0 Å². The minimum Gasteiger partial charge on any atom is -0.492 e. The molecule has 0 saturated carbocycles. The van der Waals surface area contributed by atoms with E-state index in [4.69, 9.17) is 4.74 Å². The van der Waals surface area contributed by atoms with Crippen LogP contribution in [0.25, 0.3) is 0 Å². The molecule has 30 heavy (non-hydrogen) atoms. The molecular weight excluding hydrogens is 446 g/mol. The van der Waals surface area contributed by atoms with E-state index in [2.05, 4.69) is 38.7 Å². The van der Waals surface area contributed by atoms with Gasteiger partial charge in [0.15, 0.2) is 0 Å². The van der Waals surface area contributed by atoms with Crippen LogP contribution in [0, 0.1) is 5.92 Å². The van der Waals surface area contributed by atoms with Gasteiger partial charge in [0, 0.05) is 5.56 Å². The molecule has 0 fully saturated rings. The van der Waals surface area contributed by atoms with Gasteiger partial charge < -0.3 is 10.1 Å². The van der Waals surface area contributed by atoms with E-state index in [1.54, 1.807) is 30.5 Å². The molecule has 7 heteroatoms. The van der Waals surface area contributed by atoms with E-state index >= 15 is 0 Å². The number of nitrogens with one attached hydrogen (secondary N) is 2. The minimum absolute atomic E-state index is 0.0958. The summed E-state index contributed by atoms with van der Waals surface area (Å²) in [6.07, 6.45) is 3.62. The maximum Gasteiger partial charge on any atom is 0.262 e. The summed E-state index contributed by atoms with van der Waals surface area (Å²) >= 11 is 3.49. The molecule has 2 amide bonds. The summed E-state index contributed by atoms with van der Waals surface area (Å²) in [7, 11) is 0. The number of hydrazone groups is 1. The maximum absolute atomic E-state index is 12.5. The number of unbranched alkanes of at least 4 members (excludes halogenated alkanes) is 1. The lowest BCUT2D eigenvalue weighted by atomic mass is 10.0. The molecule has 0 aromatic heterocycles. The molecule has 2 aromatic carbocycles. The van der Waals surface area contributed by atoms with Gasteiger partial charge in [-0.25, -0.2) is 5.43 Å². The normalized spacial score (nSPS) is 12.0. The summed E-state index contributed by atoms with van der Waals surface area (Å²) in [5.74, 6) is 0.00910. The van der Waals surface area contributed by atoms with Crippen molar-refractivity contribution in [3.8, 4) is 5.75 Å². The largest absolute Gasteiger partial charge is 0.492 e. The fraction of sp³-hybridized carbons (Fsp3) is 0.348. The number of halogens is 1. The second-order valence-electron chi connectivity index (χ2n) is 7.19. The van der Waals surface area contributed by atoms with Gasteiger partial charge in [-0.3, -0.25) is 9.59 Å². The van der Waals surface area contributed by atoms with E-state index in [1.165, 1.54) is 0 Å². The number of hydrogen-bond donors (Lipinski definition) is 2. The van der Waals surface area contributed by atoms with Crippen molar-refractivity contribution in [1.29, 1.82) is 0 Å². The number of nitrogens with zero attached hydrogens (tertiary/aromatic N) is 1. The predicted octanol–water partition coefficient (Wildman–Crippen LogP) is 4.53. The average Bonchev–Trinajstić information content (AvgIpc) is 2.73. The smallest absolute Gasteiger partial charge is 0.262 e. The summed E-state index contributed by atoms with van der Waals surface area (Å²) in [5.41, 5.74) is 3.82. The van der Waals surface area contributed by atoms with Gasteiger partial charge in [-0.2, -0.15) is 5.10 Å². The summed E-state index contributed by atoms with van der Waals surface area (Å²) in [5, 5.41) is 6.81. The van der Waals surface area contributed by atoms with Crippen LogP contribution < -0.4 is 15.5 Å². The van der Waals surface area contributed by atoms with Crippen molar-refractivity contribution < 1.29 is 14.3 Å². The van der Waals surface area contributed by atoms with Gasteiger partial charge in [-0.05, 0) is 64.2 Å². The Kier molecular flexibility index (Phi) is 9.54. The lowest BCUT2D eigenvalue weighted by Gasteiger charge is -2.20. The molecule has 2 N–H and O–H groups in total. The highest BCUT2D eigenvalue weighted by molar-refractivity contribution is 9.10. The number of benzene rings is 2. The molecule has 1 atom stereocenters. The highest BCUT2D eigenvalue weighted by Gasteiger charge is 2.24. The number of amides is 2. The van der Waals surface area contributed by atoms with Crippen molar-refractivity contribution in [2.45, 2.75) is 39.7 Å². The number of ether oxygens (including phenoxy) is 1. The Hall–Kier alpha value is -2.67.